The van der Waals surface area contributed by atoms with Gasteiger partial charge in [-0.3, -0.25) is 4.79 Å². The second-order valence-electron chi connectivity index (χ2n) is 3.76. The van der Waals surface area contributed by atoms with Gasteiger partial charge in [-0.05, 0) is 48.8 Å². The number of hydrogen-bond donors (Lipinski definition) is 0. The van der Waals surface area contributed by atoms with Crippen LogP contribution in [0.2, 0.25) is 0 Å². The van der Waals surface area contributed by atoms with E-state index in [4.69, 9.17) is 4.74 Å². The molecule has 1 aromatic rings. The van der Waals surface area contributed by atoms with Crippen LogP contribution in [-0.2, 0) is 9.53 Å². The van der Waals surface area contributed by atoms with Crippen LogP contribution in [0.3, 0.4) is 0 Å². The Morgan fingerprint density at radius 2 is 2.06 bits per heavy atom. The van der Waals surface area contributed by atoms with Gasteiger partial charge in [0.05, 0.1) is 6.61 Å². The number of carbonyl (C=O) groups is 1. The third-order valence-electron chi connectivity index (χ3n) is 1.97. The number of carbonyl (C=O) groups excluding carboxylic acids is 1. The summed E-state index contributed by atoms with van der Waals surface area (Å²) in [7, 11) is 0. The quantitative estimate of drug-likeness (QED) is 0.623. The lowest BCUT2D eigenvalue weighted by molar-refractivity contribution is -0.145. The number of ether oxygens (including phenoxy) is 1. The van der Waals surface area contributed by atoms with Gasteiger partial charge in [0.2, 0.25) is 0 Å². The maximum Gasteiger partial charge on any atom is 0.321 e. The first-order valence-corrected chi connectivity index (χ1v) is 6.69. The molecule has 0 N–H and O–H groups in total. The van der Waals surface area contributed by atoms with Crippen molar-refractivity contribution in [2.45, 2.75) is 30.4 Å². The van der Waals surface area contributed by atoms with Crippen molar-refractivity contribution in [1.29, 1.82) is 0 Å². The lowest BCUT2D eigenvalue weighted by atomic mass is 10.2. The highest BCUT2D eigenvalue weighted by atomic mass is 79.9. The van der Waals surface area contributed by atoms with Crippen LogP contribution in [0.4, 0.5) is 0 Å². The van der Waals surface area contributed by atoms with Crippen LogP contribution in [0.25, 0.3) is 0 Å². The number of halogens is 1. The molecule has 0 unspecified atom stereocenters. The van der Waals surface area contributed by atoms with Crippen molar-refractivity contribution < 1.29 is 9.53 Å². The van der Waals surface area contributed by atoms with Crippen LogP contribution in [0.5, 0.6) is 0 Å². The van der Waals surface area contributed by atoms with Gasteiger partial charge in [0, 0.05) is 9.37 Å². The lowest BCUT2D eigenvalue weighted by Gasteiger charge is -2.22. The zero-order chi connectivity index (χ0) is 12.2. The minimum Gasteiger partial charge on any atom is -0.465 e. The van der Waals surface area contributed by atoms with E-state index < -0.39 is 4.75 Å². The minimum atomic E-state index is -0.570. The number of benzene rings is 1. The fraction of sp³-hybridized carbons (Fsp3) is 0.417. The number of esters is 1. The summed E-state index contributed by atoms with van der Waals surface area (Å²) in [6.07, 6.45) is 0. The number of hydrogen-bond acceptors (Lipinski definition) is 3. The Labute approximate surface area is 109 Å². The molecule has 16 heavy (non-hydrogen) atoms. The van der Waals surface area contributed by atoms with Crippen LogP contribution >= 0.6 is 27.7 Å². The largest absolute Gasteiger partial charge is 0.465 e. The molecule has 0 bridgehead atoms. The molecule has 0 saturated heterocycles. The molecule has 1 rings (SSSR count). The van der Waals surface area contributed by atoms with Crippen molar-refractivity contribution in [2.75, 3.05) is 6.61 Å². The zero-order valence-electron chi connectivity index (χ0n) is 9.62. The van der Waals surface area contributed by atoms with Crippen molar-refractivity contribution in [3.8, 4) is 0 Å². The van der Waals surface area contributed by atoms with Gasteiger partial charge in [-0.2, -0.15) is 0 Å². The van der Waals surface area contributed by atoms with E-state index >= 15 is 0 Å². The molecule has 0 spiro atoms. The zero-order valence-corrected chi connectivity index (χ0v) is 12.0. The van der Waals surface area contributed by atoms with Gasteiger partial charge in [0.15, 0.2) is 0 Å². The molecule has 0 atom stereocenters. The van der Waals surface area contributed by atoms with E-state index in [2.05, 4.69) is 15.9 Å². The van der Waals surface area contributed by atoms with Gasteiger partial charge in [-0.15, -0.1) is 11.8 Å². The third-order valence-corrected chi connectivity index (χ3v) is 4.18. The van der Waals surface area contributed by atoms with Crippen molar-refractivity contribution in [3.05, 3.63) is 28.7 Å². The van der Waals surface area contributed by atoms with Crippen molar-refractivity contribution in [2.24, 2.45) is 0 Å². The summed E-state index contributed by atoms with van der Waals surface area (Å²) in [6, 6.07) is 7.85. The Balaban J connectivity index is 2.80. The fourth-order valence-electron chi connectivity index (χ4n) is 1.15. The van der Waals surface area contributed by atoms with E-state index in [9.17, 15) is 4.79 Å². The van der Waals surface area contributed by atoms with Gasteiger partial charge >= 0.3 is 5.97 Å². The summed E-state index contributed by atoms with van der Waals surface area (Å²) in [6.45, 7) is 5.97. The van der Waals surface area contributed by atoms with Gasteiger partial charge < -0.3 is 4.74 Å². The molecule has 0 radical (unpaired) electrons. The Kier molecular flexibility index (Phi) is 4.87. The Hall–Kier alpha value is -0.480. The predicted octanol–water partition coefficient (Wildman–Crippen LogP) is 3.88. The monoisotopic (exact) mass is 302 g/mol. The van der Waals surface area contributed by atoms with Crippen LogP contribution < -0.4 is 0 Å². The molecule has 0 aliphatic carbocycles. The second kappa shape index (κ2) is 5.73. The van der Waals surface area contributed by atoms with E-state index in [-0.39, 0.29) is 5.97 Å². The lowest BCUT2D eigenvalue weighted by Crippen LogP contribution is -2.29. The first-order valence-electron chi connectivity index (χ1n) is 5.08. The molecule has 0 fully saturated rings. The van der Waals surface area contributed by atoms with Crippen LogP contribution in [0.15, 0.2) is 33.6 Å². The van der Waals surface area contributed by atoms with E-state index in [1.54, 1.807) is 0 Å². The molecule has 0 aromatic heterocycles. The second-order valence-corrected chi connectivity index (χ2v) is 6.28. The summed E-state index contributed by atoms with van der Waals surface area (Å²) in [4.78, 5) is 12.8. The Morgan fingerprint density at radius 3 is 2.62 bits per heavy atom. The standard InChI is InChI=1S/C12H15BrO2S/c1-4-15-11(14)12(2,3)16-10-8-6-5-7-9(10)13/h5-8H,4H2,1-3H3. The molecule has 0 aliphatic heterocycles. The Bertz CT molecular complexity index is 377. The average Bonchev–Trinajstić information content (AvgIpc) is 2.21. The van der Waals surface area contributed by atoms with E-state index in [1.807, 2.05) is 45.0 Å². The summed E-state index contributed by atoms with van der Waals surface area (Å²) in [5.74, 6) is -0.184. The number of rotatable bonds is 4. The highest BCUT2D eigenvalue weighted by Crippen LogP contribution is 2.37. The van der Waals surface area contributed by atoms with Crippen molar-refractivity contribution >= 4 is 33.7 Å². The van der Waals surface area contributed by atoms with Crippen molar-refractivity contribution in [3.63, 3.8) is 0 Å². The fourth-order valence-corrected chi connectivity index (χ4v) is 2.68. The molecule has 4 heteroatoms. The number of thioether (sulfide) groups is 1. The summed E-state index contributed by atoms with van der Waals surface area (Å²) in [5, 5.41) is 0. The van der Waals surface area contributed by atoms with Gasteiger partial charge in [-0.25, -0.2) is 0 Å². The summed E-state index contributed by atoms with van der Waals surface area (Å²) in [5.41, 5.74) is 0. The molecule has 2 nitrogen and oxygen atoms in total. The highest BCUT2D eigenvalue weighted by molar-refractivity contribution is 9.10. The van der Waals surface area contributed by atoms with Gasteiger partial charge in [0.1, 0.15) is 4.75 Å². The molecular formula is C12H15BrO2S. The third kappa shape index (κ3) is 3.52. The molecule has 88 valence electrons. The Morgan fingerprint density at radius 1 is 1.44 bits per heavy atom. The van der Waals surface area contributed by atoms with E-state index in [1.165, 1.54) is 11.8 Å². The minimum absolute atomic E-state index is 0.184. The van der Waals surface area contributed by atoms with Crippen LogP contribution in [0.1, 0.15) is 20.8 Å². The average molecular weight is 303 g/mol. The molecule has 0 saturated carbocycles. The first kappa shape index (κ1) is 13.6. The summed E-state index contributed by atoms with van der Waals surface area (Å²) >= 11 is 4.96. The predicted molar refractivity (Wildman–Crippen MR) is 70.7 cm³/mol. The van der Waals surface area contributed by atoms with E-state index in [0.717, 1.165) is 9.37 Å². The maximum absolute atomic E-state index is 11.7. The van der Waals surface area contributed by atoms with Gasteiger partial charge in [-0.1, -0.05) is 12.1 Å². The molecular weight excluding hydrogens is 288 g/mol. The maximum atomic E-state index is 11.7. The molecule has 1 aromatic carbocycles. The van der Waals surface area contributed by atoms with Gasteiger partial charge in [0.25, 0.3) is 0 Å². The van der Waals surface area contributed by atoms with Crippen molar-refractivity contribution in [1.82, 2.24) is 0 Å². The molecule has 0 amide bonds. The van der Waals surface area contributed by atoms with Crippen LogP contribution in [-0.4, -0.2) is 17.3 Å². The summed E-state index contributed by atoms with van der Waals surface area (Å²) < 4.78 is 5.47. The topological polar surface area (TPSA) is 26.3 Å². The van der Waals surface area contributed by atoms with E-state index in [0.29, 0.717) is 6.61 Å². The molecule has 0 aliphatic rings. The molecule has 0 heterocycles. The smallest absolute Gasteiger partial charge is 0.321 e. The van der Waals surface area contributed by atoms with Crippen LogP contribution in [0, 0.1) is 0 Å². The SMILES string of the molecule is CCOC(=O)C(C)(C)Sc1ccccc1Br. The first-order chi connectivity index (χ1) is 7.47. The highest BCUT2D eigenvalue weighted by Gasteiger charge is 2.30. The normalized spacial score (nSPS) is 11.2.